The van der Waals surface area contributed by atoms with Crippen LogP contribution >= 0.6 is 0 Å². The van der Waals surface area contributed by atoms with Gasteiger partial charge in [0.2, 0.25) is 0 Å². The van der Waals surface area contributed by atoms with Crippen molar-refractivity contribution in [1.29, 1.82) is 0 Å². The van der Waals surface area contributed by atoms with Crippen LogP contribution in [-0.4, -0.2) is 41.7 Å². The van der Waals surface area contributed by atoms with Crippen LogP contribution in [0.4, 0.5) is 0 Å². The molecule has 0 aliphatic carbocycles. The molecule has 1 unspecified atom stereocenters. The highest BCUT2D eigenvalue weighted by molar-refractivity contribution is 5.99. The first-order valence-electron chi connectivity index (χ1n) is 6.00. The van der Waals surface area contributed by atoms with Crippen LogP contribution in [0.2, 0.25) is 0 Å². The van der Waals surface area contributed by atoms with Crippen molar-refractivity contribution in [2.24, 2.45) is 0 Å². The quantitative estimate of drug-likeness (QED) is 0.792. The van der Waals surface area contributed by atoms with Crippen molar-refractivity contribution in [3.63, 3.8) is 0 Å². The molecule has 0 saturated carbocycles. The van der Waals surface area contributed by atoms with Gasteiger partial charge in [0.05, 0.1) is 19.2 Å². The first-order valence-corrected chi connectivity index (χ1v) is 6.00. The number of benzene rings is 1. The number of carbonyl (C=O) groups is 2. The first kappa shape index (κ1) is 14.0. The molecule has 104 valence electrons. The molecule has 1 aromatic heterocycles. The Labute approximate surface area is 115 Å². The number of rotatable bonds is 4. The van der Waals surface area contributed by atoms with Crippen LogP contribution in [0.1, 0.15) is 10.4 Å². The summed E-state index contributed by atoms with van der Waals surface area (Å²) in [7, 11) is 1.19. The highest BCUT2D eigenvalue weighted by Gasteiger charge is 2.21. The summed E-state index contributed by atoms with van der Waals surface area (Å²) in [5.74, 6) is -1.15. The van der Waals surface area contributed by atoms with Gasteiger partial charge in [-0.2, -0.15) is 0 Å². The molecule has 0 saturated heterocycles. The third kappa shape index (κ3) is 2.92. The van der Waals surface area contributed by atoms with Gasteiger partial charge < -0.3 is 15.2 Å². The smallest absolute Gasteiger partial charge is 0.330 e. The summed E-state index contributed by atoms with van der Waals surface area (Å²) in [5.41, 5.74) is 1.16. The average Bonchev–Trinajstić information content (AvgIpc) is 2.51. The maximum atomic E-state index is 12.0. The summed E-state index contributed by atoms with van der Waals surface area (Å²) in [5, 5.41) is 12.3. The fourth-order valence-electron chi connectivity index (χ4n) is 1.78. The summed E-state index contributed by atoms with van der Waals surface area (Å²) in [6, 6.07) is 7.53. The Kier molecular flexibility index (Phi) is 4.27. The number of hydrogen-bond donors (Lipinski definition) is 2. The Morgan fingerprint density at radius 3 is 2.90 bits per heavy atom. The largest absolute Gasteiger partial charge is 0.467 e. The second-order valence-corrected chi connectivity index (χ2v) is 4.14. The molecule has 2 rings (SSSR count). The Morgan fingerprint density at radius 2 is 2.20 bits per heavy atom. The van der Waals surface area contributed by atoms with Crippen LogP contribution < -0.4 is 5.32 Å². The van der Waals surface area contributed by atoms with Crippen LogP contribution in [0.25, 0.3) is 10.9 Å². The van der Waals surface area contributed by atoms with Crippen LogP contribution in [0.5, 0.6) is 0 Å². The summed E-state index contributed by atoms with van der Waals surface area (Å²) < 4.78 is 4.49. The highest BCUT2D eigenvalue weighted by atomic mass is 16.5. The van der Waals surface area contributed by atoms with E-state index in [9.17, 15) is 9.59 Å². The molecule has 0 bridgehead atoms. The Hall–Kier alpha value is -2.47. The molecule has 6 heteroatoms. The molecule has 1 heterocycles. The van der Waals surface area contributed by atoms with Crippen molar-refractivity contribution < 1.29 is 19.4 Å². The van der Waals surface area contributed by atoms with E-state index in [0.29, 0.717) is 5.56 Å². The summed E-state index contributed by atoms with van der Waals surface area (Å²) in [6.45, 7) is -0.520. The van der Waals surface area contributed by atoms with Gasteiger partial charge in [0.1, 0.15) is 0 Å². The second kappa shape index (κ2) is 6.12. The van der Waals surface area contributed by atoms with Crippen molar-refractivity contribution in [3.8, 4) is 0 Å². The van der Waals surface area contributed by atoms with E-state index in [1.54, 1.807) is 30.5 Å². The van der Waals surface area contributed by atoms with Crippen LogP contribution in [0.15, 0.2) is 36.5 Å². The van der Waals surface area contributed by atoms with Crippen LogP contribution in [0.3, 0.4) is 0 Å². The summed E-state index contributed by atoms with van der Waals surface area (Å²) >= 11 is 0. The third-order valence-corrected chi connectivity index (χ3v) is 2.84. The lowest BCUT2D eigenvalue weighted by Crippen LogP contribution is -2.44. The van der Waals surface area contributed by atoms with Crippen molar-refractivity contribution in [1.82, 2.24) is 10.3 Å². The minimum Gasteiger partial charge on any atom is -0.467 e. The number of esters is 1. The van der Waals surface area contributed by atoms with Gasteiger partial charge in [0, 0.05) is 17.1 Å². The molecule has 0 aliphatic heterocycles. The second-order valence-electron chi connectivity index (χ2n) is 4.14. The zero-order chi connectivity index (χ0) is 14.5. The molecule has 0 fully saturated rings. The topological polar surface area (TPSA) is 88.5 Å². The molecule has 0 aliphatic rings. The maximum Gasteiger partial charge on any atom is 0.330 e. The Morgan fingerprint density at radius 1 is 1.40 bits per heavy atom. The normalized spacial score (nSPS) is 11.9. The number of nitrogens with zero attached hydrogens (tertiary/aromatic N) is 1. The van der Waals surface area contributed by atoms with Crippen LogP contribution in [0, 0.1) is 0 Å². The lowest BCUT2D eigenvalue weighted by molar-refractivity contribution is -0.143. The van der Waals surface area contributed by atoms with E-state index in [4.69, 9.17) is 5.11 Å². The minimum atomic E-state index is -1.07. The average molecular weight is 274 g/mol. The Bertz CT molecular complexity index is 642. The van der Waals surface area contributed by atoms with Gasteiger partial charge in [-0.05, 0) is 24.3 Å². The van der Waals surface area contributed by atoms with Crippen molar-refractivity contribution in [2.75, 3.05) is 13.7 Å². The van der Waals surface area contributed by atoms with E-state index in [2.05, 4.69) is 15.0 Å². The maximum absolute atomic E-state index is 12.0. The zero-order valence-electron chi connectivity index (χ0n) is 10.9. The van der Waals surface area contributed by atoms with Gasteiger partial charge >= 0.3 is 5.97 Å². The standard InChI is InChI=1S/C14H14N2O4/c1-20-14(19)12(8-17)16-13(18)10-4-5-11-9(7-10)3-2-6-15-11/h2-7,12,17H,8H2,1H3,(H,16,18). The predicted molar refractivity (Wildman–Crippen MR) is 72.1 cm³/mol. The number of pyridine rings is 1. The van der Waals surface area contributed by atoms with E-state index in [0.717, 1.165) is 10.9 Å². The van der Waals surface area contributed by atoms with E-state index in [-0.39, 0.29) is 0 Å². The third-order valence-electron chi connectivity index (χ3n) is 2.84. The molecule has 1 amide bonds. The Balaban J connectivity index is 2.20. The van der Waals surface area contributed by atoms with Gasteiger partial charge in [-0.1, -0.05) is 6.07 Å². The molecular formula is C14H14N2O4. The van der Waals surface area contributed by atoms with Gasteiger partial charge in [-0.25, -0.2) is 4.79 Å². The number of methoxy groups -OCH3 is 1. The molecule has 0 spiro atoms. The molecule has 1 aromatic carbocycles. The van der Waals surface area contributed by atoms with Gasteiger partial charge in [-0.15, -0.1) is 0 Å². The minimum absolute atomic E-state index is 0.382. The van der Waals surface area contributed by atoms with Crippen molar-refractivity contribution in [2.45, 2.75) is 6.04 Å². The molecule has 6 nitrogen and oxygen atoms in total. The van der Waals surface area contributed by atoms with Crippen LogP contribution in [-0.2, 0) is 9.53 Å². The first-order chi connectivity index (χ1) is 9.65. The lowest BCUT2D eigenvalue weighted by atomic mass is 10.1. The SMILES string of the molecule is COC(=O)C(CO)NC(=O)c1ccc2ncccc2c1. The number of fused-ring (bicyclic) bond motifs is 1. The predicted octanol–water partition coefficient (Wildman–Crippen LogP) is 0.498. The molecule has 1 atom stereocenters. The highest BCUT2D eigenvalue weighted by Crippen LogP contribution is 2.13. The fraction of sp³-hybridized carbons (Fsp3) is 0.214. The number of aliphatic hydroxyl groups is 1. The molecule has 2 N–H and O–H groups in total. The van der Waals surface area contributed by atoms with E-state index in [1.807, 2.05) is 6.07 Å². The number of carbonyl (C=O) groups excluding carboxylic acids is 2. The fourth-order valence-corrected chi connectivity index (χ4v) is 1.78. The van der Waals surface area contributed by atoms with Crippen molar-refractivity contribution in [3.05, 3.63) is 42.1 Å². The van der Waals surface area contributed by atoms with Gasteiger partial charge in [-0.3, -0.25) is 9.78 Å². The number of hydrogen-bond acceptors (Lipinski definition) is 5. The summed E-state index contributed by atoms with van der Waals surface area (Å²) in [6.07, 6.45) is 1.67. The van der Waals surface area contributed by atoms with E-state index >= 15 is 0 Å². The number of aromatic nitrogens is 1. The van der Waals surface area contributed by atoms with Gasteiger partial charge in [0.25, 0.3) is 5.91 Å². The van der Waals surface area contributed by atoms with E-state index < -0.39 is 24.5 Å². The number of nitrogens with one attached hydrogen (secondary N) is 1. The number of ether oxygens (including phenoxy) is 1. The van der Waals surface area contributed by atoms with Crippen molar-refractivity contribution >= 4 is 22.8 Å². The molecular weight excluding hydrogens is 260 g/mol. The lowest BCUT2D eigenvalue weighted by Gasteiger charge is -2.13. The van der Waals surface area contributed by atoms with E-state index in [1.165, 1.54) is 7.11 Å². The summed E-state index contributed by atoms with van der Waals surface area (Å²) in [4.78, 5) is 27.5. The monoisotopic (exact) mass is 274 g/mol. The molecule has 0 radical (unpaired) electrons. The molecule has 2 aromatic rings. The van der Waals surface area contributed by atoms with Gasteiger partial charge in [0.15, 0.2) is 6.04 Å². The zero-order valence-corrected chi connectivity index (χ0v) is 10.9. The molecule has 20 heavy (non-hydrogen) atoms. The number of aliphatic hydroxyl groups excluding tert-OH is 1. The number of amides is 1.